The average Bonchev–Trinajstić information content (AvgIpc) is 2.35. The van der Waals surface area contributed by atoms with Gasteiger partial charge in [-0.2, -0.15) is 0 Å². The second-order valence-corrected chi connectivity index (χ2v) is 5.00. The van der Waals surface area contributed by atoms with Crippen LogP contribution in [-0.2, 0) is 0 Å². The Morgan fingerprint density at radius 1 is 1.50 bits per heavy atom. The van der Waals surface area contributed by atoms with Crippen molar-refractivity contribution in [1.29, 1.82) is 0 Å². The van der Waals surface area contributed by atoms with Crippen molar-refractivity contribution in [3.8, 4) is 5.75 Å². The number of ether oxygens (including phenoxy) is 1. The van der Waals surface area contributed by atoms with E-state index in [1.807, 2.05) is 13.0 Å². The predicted molar refractivity (Wildman–Crippen MR) is 75.5 cm³/mol. The summed E-state index contributed by atoms with van der Waals surface area (Å²) in [5.41, 5.74) is 0.902. The summed E-state index contributed by atoms with van der Waals surface area (Å²) in [6, 6.07) is 5.04. The van der Waals surface area contributed by atoms with Crippen LogP contribution >= 0.6 is 15.9 Å². The van der Waals surface area contributed by atoms with Crippen LogP contribution in [0.4, 0.5) is 5.69 Å². The lowest BCUT2D eigenvalue weighted by atomic mass is 10.1. The number of nitro groups is 1. The van der Waals surface area contributed by atoms with Gasteiger partial charge in [-0.3, -0.25) is 10.1 Å². The maximum Gasteiger partial charge on any atom is 0.311 e. The highest BCUT2D eigenvalue weighted by molar-refractivity contribution is 9.09. The molecule has 0 radical (unpaired) electrons. The van der Waals surface area contributed by atoms with Crippen molar-refractivity contribution in [3.05, 3.63) is 33.9 Å². The maximum absolute atomic E-state index is 10.9. The molecule has 0 saturated carbocycles. The van der Waals surface area contributed by atoms with Crippen molar-refractivity contribution < 1.29 is 9.66 Å². The maximum atomic E-state index is 10.9. The zero-order chi connectivity index (χ0) is 13.5. The van der Waals surface area contributed by atoms with Gasteiger partial charge in [0.05, 0.1) is 11.5 Å². The van der Waals surface area contributed by atoms with E-state index in [0.29, 0.717) is 18.3 Å². The Balaban J connectivity index is 2.74. The van der Waals surface area contributed by atoms with Crippen LogP contribution in [0, 0.1) is 23.0 Å². The predicted octanol–water partition coefficient (Wildman–Crippen LogP) is 4.09. The summed E-state index contributed by atoms with van der Waals surface area (Å²) < 4.78 is 5.59. The van der Waals surface area contributed by atoms with Crippen LogP contribution in [0.2, 0.25) is 0 Å². The van der Waals surface area contributed by atoms with Crippen LogP contribution in [-0.4, -0.2) is 16.9 Å². The summed E-state index contributed by atoms with van der Waals surface area (Å²) in [6.07, 6.45) is 2.13. The molecule has 0 aromatic heterocycles. The fraction of sp³-hybridized carbons (Fsp3) is 0.538. The Labute approximate surface area is 116 Å². The number of halogens is 1. The fourth-order valence-electron chi connectivity index (χ4n) is 1.71. The van der Waals surface area contributed by atoms with E-state index < -0.39 is 4.92 Å². The SMILES string of the molecule is CCCC(CBr)COc1ccc(C)cc1[N+](=O)[O-]. The third-order valence-corrected chi connectivity index (χ3v) is 3.62. The van der Waals surface area contributed by atoms with Gasteiger partial charge in [-0.15, -0.1) is 0 Å². The van der Waals surface area contributed by atoms with E-state index in [1.54, 1.807) is 6.07 Å². The van der Waals surface area contributed by atoms with Crippen LogP contribution in [0.25, 0.3) is 0 Å². The third kappa shape index (κ3) is 4.29. The van der Waals surface area contributed by atoms with E-state index in [0.717, 1.165) is 23.7 Å². The average molecular weight is 316 g/mol. The highest BCUT2D eigenvalue weighted by Gasteiger charge is 2.16. The molecule has 5 heteroatoms. The first-order chi connectivity index (χ1) is 8.58. The number of hydrogen-bond donors (Lipinski definition) is 0. The first kappa shape index (κ1) is 15.0. The molecule has 0 spiro atoms. The molecule has 1 aromatic carbocycles. The first-order valence-corrected chi connectivity index (χ1v) is 7.14. The molecule has 0 fully saturated rings. The van der Waals surface area contributed by atoms with Gasteiger partial charge in [0.25, 0.3) is 0 Å². The molecular weight excluding hydrogens is 298 g/mol. The van der Waals surface area contributed by atoms with E-state index in [4.69, 9.17) is 4.74 Å². The summed E-state index contributed by atoms with van der Waals surface area (Å²) in [7, 11) is 0. The number of aryl methyl sites for hydroxylation is 1. The fourth-order valence-corrected chi connectivity index (χ4v) is 2.22. The van der Waals surface area contributed by atoms with Crippen molar-refractivity contribution in [2.75, 3.05) is 11.9 Å². The number of alkyl halides is 1. The van der Waals surface area contributed by atoms with Gasteiger partial charge in [0.1, 0.15) is 0 Å². The van der Waals surface area contributed by atoms with Crippen LogP contribution in [0.3, 0.4) is 0 Å². The molecule has 0 aliphatic heterocycles. The molecule has 1 atom stereocenters. The molecule has 4 nitrogen and oxygen atoms in total. The zero-order valence-corrected chi connectivity index (χ0v) is 12.3. The van der Waals surface area contributed by atoms with E-state index in [2.05, 4.69) is 22.9 Å². The Morgan fingerprint density at radius 3 is 2.78 bits per heavy atom. The summed E-state index contributed by atoms with van der Waals surface area (Å²) >= 11 is 3.44. The van der Waals surface area contributed by atoms with Gasteiger partial charge < -0.3 is 4.74 Å². The van der Waals surface area contributed by atoms with Crippen molar-refractivity contribution in [1.82, 2.24) is 0 Å². The normalized spacial score (nSPS) is 12.2. The highest BCUT2D eigenvalue weighted by Crippen LogP contribution is 2.28. The zero-order valence-electron chi connectivity index (χ0n) is 10.7. The van der Waals surface area contributed by atoms with Gasteiger partial charge in [-0.05, 0) is 25.0 Å². The van der Waals surface area contributed by atoms with Crippen molar-refractivity contribution in [3.63, 3.8) is 0 Å². The molecule has 1 rings (SSSR count). The van der Waals surface area contributed by atoms with Gasteiger partial charge in [-0.25, -0.2) is 0 Å². The molecule has 0 heterocycles. The minimum absolute atomic E-state index is 0.0415. The second kappa shape index (κ2) is 7.36. The number of nitrogens with zero attached hydrogens (tertiary/aromatic N) is 1. The molecule has 0 amide bonds. The molecule has 0 aliphatic carbocycles. The van der Waals surface area contributed by atoms with Gasteiger partial charge in [0, 0.05) is 17.3 Å². The molecule has 1 aromatic rings. The lowest BCUT2D eigenvalue weighted by molar-refractivity contribution is -0.385. The monoisotopic (exact) mass is 315 g/mol. The number of nitro benzene ring substituents is 1. The Bertz CT molecular complexity index is 409. The summed E-state index contributed by atoms with van der Waals surface area (Å²) in [4.78, 5) is 10.5. The minimum Gasteiger partial charge on any atom is -0.486 e. The first-order valence-electron chi connectivity index (χ1n) is 6.02. The molecule has 0 saturated heterocycles. The van der Waals surface area contributed by atoms with E-state index in [-0.39, 0.29) is 5.69 Å². The molecule has 0 N–H and O–H groups in total. The van der Waals surface area contributed by atoms with Crippen molar-refractivity contribution in [2.24, 2.45) is 5.92 Å². The third-order valence-electron chi connectivity index (χ3n) is 2.70. The molecule has 18 heavy (non-hydrogen) atoms. The Morgan fingerprint density at radius 2 is 2.22 bits per heavy atom. The lowest BCUT2D eigenvalue weighted by Crippen LogP contribution is -2.13. The van der Waals surface area contributed by atoms with E-state index in [9.17, 15) is 10.1 Å². The van der Waals surface area contributed by atoms with E-state index in [1.165, 1.54) is 6.07 Å². The molecule has 100 valence electrons. The minimum atomic E-state index is -0.398. The largest absolute Gasteiger partial charge is 0.486 e. The van der Waals surface area contributed by atoms with Crippen molar-refractivity contribution in [2.45, 2.75) is 26.7 Å². The lowest BCUT2D eigenvalue weighted by Gasteiger charge is -2.14. The topological polar surface area (TPSA) is 52.4 Å². The van der Waals surface area contributed by atoms with E-state index >= 15 is 0 Å². The molecular formula is C13H18BrNO3. The van der Waals surface area contributed by atoms with Gasteiger partial charge >= 0.3 is 5.69 Å². The van der Waals surface area contributed by atoms with Crippen LogP contribution in [0.1, 0.15) is 25.3 Å². The Kier molecular flexibility index (Phi) is 6.12. The Hall–Kier alpha value is -1.10. The number of benzene rings is 1. The standard InChI is InChI=1S/C13H18BrNO3/c1-3-4-11(8-14)9-18-13-6-5-10(2)7-12(13)15(16)17/h5-7,11H,3-4,8-9H2,1-2H3. The summed E-state index contributed by atoms with van der Waals surface area (Å²) in [5, 5.41) is 11.8. The highest BCUT2D eigenvalue weighted by atomic mass is 79.9. The second-order valence-electron chi connectivity index (χ2n) is 4.35. The molecule has 1 unspecified atom stereocenters. The van der Waals surface area contributed by atoms with Crippen LogP contribution < -0.4 is 4.74 Å². The van der Waals surface area contributed by atoms with Gasteiger partial charge in [0.15, 0.2) is 5.75 Å². The molecule has 0 bridgehead atoms. The van der Waals surface area contributed by atoms with Crippen LogP contribution in [0.5, 0.6) is 5.75 Å². The number of hydrogen-bond acceptors (Lipinski definition) is 3. The molecule has 0 aliphatic rings. The van der Waals surface area contributed by atoms with Gasteiger partial charge in [-0.1, -0.05) is 35.3 Å². The quantitative estimate of drug-likeness (QED) is 0.432. The van der Waals surface area contributed by atoms with Crippen molar-refractivity contribution >= 4 is 21.6 Å². The van der Waals surface area contributed by atoms with Crippen LogP contribution in [0.15, 0.2) is 18.2 Å². The van der Waals surface area contributed by atoms with Gasteiger partial charge in [0.2, 0.25) is 0 Å². The summed E-state index contributed by atoms with van der Waals surface area (Å²) in [6.45, 7) is 4.45. The number of rotatable bonds is 7. The summed E-state index contributed by atoms with van der Waals surface area (Å²) in [5.74, 6) is 0.739. The smallest absolute Gasteiger partial charge is 0.311 e.